The third kappa shape index (κ3) is 4.62. The minimum Gasteiger partial charge on any atom is -0.282 e. The van der Waals surface area contributed by atoms with Gasteiger partial charge in [0.25, 0.3) is 10.0 Å². The van der Waals surface area contributed by atoms with Gasteiger partial charge in [-0.2, -0.15) is 18.3 Å². The number of hydrogen-bond acceptors (Lipinski definition) is 6. The number of nitrogens with zero attached hydrogens (tertiary/aromatic N) is 5. The van der Waals surface area contributed by atoms with Crippen molar-refractivity contribution < 1.29 is 21.6 Å². The molecule has 3 heterocycles. The molecule has 0 spiro atoms. The molecule has 0 aliphatic rings. The van der Waals surface area contributed by atoms with Crippen molar-refractivity contribution in [2.24, 2.45) is 0 Å². The number of anilines is 1. The highest BCUT2D eigenvalue weighted by Crippen LogP contribution is 2.37. The van der Waals surface area contributed by atoms with Gasteiger partial charge >= 0.3 is 6.18 Å². The summed E-state index contributed by atoms with van der Waals surface area (Å²) >= 11 is 15.0. The number of halogens is 6. The number of alkyl halides is 3. The molecular formula is C18H11BrCl2F3N7O2S. The molecule has 0 atom stereocenters. The highest BCUT2D eigenvalue weighted by Gasteiger charge is 2.35. The smallest absolute Gasteiger partial charge is 0.282 e. The zero-order valence-electron chi connectivity index (χ0n) is 16.7. The summed E-state index contributed by atoms with van der Waals surface area (Å²) in [5, 5.41) is 14.3. The van der Waals surface area contributed by atoms with Gasteiger partial charge in [-0.15, -0.1) is 10.2 Å². The van der Waals surface area contributed by atoms with Gasteiger partial charge in [0.2, 0.25) is 0 Å². The molecule has 0 saturated heterocycles. The van der Waals surface area contributed by atoms with Gasteiger partial charge in [0.05, 0.1) is 30.7 Å². The average Bonchev–Trinajstić information content (AvgIpc) is 3.32. The van der Waals surface area contributed by atoms with Crippen LogP contribution in [0.5, 0.6) is 0 Å². The molecule has 16 heteroatoms. The third-order valence-electron chi connectivity index (χ3n) is 4.48. The summed E-state index contributed by atoms with van der Waals surface area (Å²) < 4.78 is 70.0. The minimum absolute atomic E-state index is 0.00785. The fraction of sp³-hybridized carbons (Fsp3) is 0.111. The van der Waals surface area contributed by atoms with E-state index in [1.807, 2.05) is 0 Å². The van der Waals surface area contributed by atoms with Gasteiger partial charge in [0.15, 0.2) is 11.6 Å². The molecule has 0 amide bonds. The zero-order valence-corrected chi connectivity index (χ0v) is 20.6. The molecule has 0 saturated carbocycles. The number of aromatic amines is 1. The fourth-order valence-electron chi connectivity index (χ4n) is 2.98. The molecule has 0 bridgehead atoms. The monoisotopic (exact) mass is 595 g/mol. The van der Waals surface area contributed by atoms with Gasteiger partial charge < -0.3 is 0 Å². The Morgan fingerprint density at radius 1 is 1.18 bits per heavy atom. The number of aromatic nitrogens is 6. The van der Waals surface area contributed by atoms with Crippen molar-refractivity contribution in [1.29, 1.82) is 0 Å². The molecule has 0 aliphatic carbocycles. The van der Waals surface area contributed by atoms with Crippen molar-refractivity contribution in [3.8, 4) is 17.3 Å². The van der Waals surface area contributed by atoms with Crippen LogP contribution in [0.15, 0.2) is 46.0 Å². The van der Waals surface area contributed by atoms with Crippen molar-refractivity contribution in [3.05, 3.63) is 62.6 Å². The molecule has 0 radical (unpaired) electrons. The number of sulfonamides is 1. The van der Waals surface area contributed by atoms with Crippen LogP contribution < -0.4 is 4.72 Å². The molecular weight excluding hydrogens is 586 g/mol. The standard InChI is InChI=1S/C18H11BrCl2F3N7O2S/c1-8-27-29-17(31(8)16-12(19)7-26-28-16)15-14(4-9(20)6-25-15)30-34(32,33)10-2-3-13(21)11(5-10)18(22,23)24/h2-7,30H,1H3,(H,26,28). The van der Waals surface area contributed by atoms with E-state index in [0.29, 0.717) is 22.2 Å². The maximum absolute atomic E-state index is 13.2. The van der Waals surface area contributed by atoms with Crippen LogP contribution in [-0.2, 0) is 16.2 Å². The molecule has 9 nitrogen and oxygen atoms in total. The lowest BCUT2D eigenvalue weighted by molar-refractivity contribution is -0.137. The van der Waals surface area contributed by atoms with E-state index in [9.17, 15) is 21.6 Å². The molecule has 0 fully saturated rings. The van der Waals surface area contributed by atoms with Crippen molar-refractivity contribution >= 4 is 54.8 Å². The maximum Gasteiger partial charge on any atom is 0.417 e. The molecule has 2 N–H and O–H groups in total. The SMILES string of the molecule is Cc1nnc(-c2ncc(Cl)cc2NS(=O)(=O)c2ccc(Cl)c(C(F)(F)F)c2)n1-c1n[nH]cc1Br. The lowest BCUT2D eigenvalue weighted by Gasteiger charge is -2.15. The van der Waals surface area contributed by atoms with E-state index in [-0.39, 0.29) is 22.2 Å². The van der Waals surface area contributed by atoms with E-state index < -0.39 is 31.7 Å². The minimum atomic E-state index is -4.85. The number of rotatable bonds is 5. The molecule has 0 aliphatic heterocycles. The van der Waals surface area contributed by atoms with Crippen LogP contribution in [0.25, 0.3) is 17.3 Å². The van der Waals surface area contributed by atoms with Crippen molar-refractivity contribution in [2.75, 3.05) is 4.72 Å². The largest absolute Gasteiger partial charge is 0.417 e. The van der Waals surface area contributed by atoms with Crippen molar-refractivity contribution in [1.82, 2.24) is 29.9 Å². The summed E-state index contributed by atoms with van der Waals surface area (Å²) in [7, 11) is -4.52. The van der Waals surface area contributed by atoms with Crippen molar-refractivity contribution in [2.45, 2.75) is 18.0 Å². The van der Waals surface area contributed by atoms with E-state index in [1.54, 1.807) is 13.1 Å². The van der Waals surface area contributed by atoms with Crippen LogP contribution in [0.2, 0.25) is 10.0 Å². The zero-order chi connectivity index (χ0) is 24.8. The topological polar surface area (TPSA) is 118 Å². The Balaban J connectivity index is 1.83. The summed E-state index contributed by atoms with van der Waals surface area (Å²) in [6.07, 6.45) is -2.03. The summed E-state index contributed by atoms with van der Waals surface area (Å²) in [5.74, 6) is 0.878. The number of nitrogens with one attached hydrogen (secondary N) is 2. The third-order valence-corrected chi connectivity index (χ3v) is 6.96. The van der Waals surface area contributed by atoms with E-state index in [2.05, 4.69) is 46.0 Å². The van der Waals surface area contributed by atoms with E-state index >= 15 is 0 Å². The first-order valence-corrected chi connectivity index (χ1v) is 12.1. The normalized spacial score (nSPS) is 12.2. The molecule has 4 aromatic rings. The molecule has 1 aromatic carbocycles. The fourth-order valence-corrected chi connectivity index (χ4v) is 4.82. The average molecular weight is 597 g/mol. The number of pyridine rings is 1. The van der Waals surface area contributed by atoms with Crippen LogP contribution in [0.1, 0.15) is 11.4 Å². The molecule has 3 aromatic heterocycles. The Kier molecular flexibility index (Phi) is 6.35. The Morgan fingerprint density at radius 2 is 1.91 bits per heavy atom. The Bertz CT molecular complexity index is 1510. The van der Waals surface area contributed by atoms with Gasteiger partial charge in [-0.3, -0.25) is 14.4 Å². The molecule has 34 heavy (non-hydrogen) atoms. The van der Waals surface area contributed by atoms with Gasteiger partial charge in [-0.25, -0.2) is 13.4 Å². The highest BCUT2D eigenvalue weighted by atomic mass is 79.9. The second-order valence-corrected chi connectivity index (χ2v) is 10.1. The number of hydrogen-bond donors (Lipinski definition) is 2. The summed E-state index contributed by atoms with van der Waals surface area (Å²) in [4.78, 5) is 3.51. The lowest BCUT2D eigenvalue weighted by Crippen LogP contribution is -2.16. The van der Waals surface area contributed by atoms with Crippen LogP contribution in [0.3, 0.4) is 0 Å². The number of benzene rings is 1. The van der Waals surface area contributed by atoms with E-state index in [1.165, 1.54) is 16.8 Å². The molecule has 0 unspecified atom stereocenters. The predicted molar refractivity (Wildman–Crippen MR) is 121 cm³/mol. The Morgan fingerprint density at radius 3 is 2.56 bits per heavy atom. The Labute approximate surface area is 208 Å². The first-order chi connectivity index (χ1) is 15.9. The van der Waals surface area contributed by atoms with E-state index in [4.69, 9.17) is 23.2 Å². The second kappa shape index (κ2) is 8.83. The van der Waals surface area contributed by atoms with Crippen LogP contribution in [0.4, 0.5) is 18.9 Å². The summed E-state index contributed by atoms with van der Waals surface area (Å²) in [6, 6.07) is 3.49. The van der Waals surface area contributed by atoms with Gasteiger partial charge in [-0.05, 0) is 47.1 Å². The van der Waals surface area contributed by atoms with Gasteiger partial charge in [0.1, 0.15) is 11.5 Å². The quantitative estimate of drug-likeness (QED) is 0.325. The van der Waals surface area contributed by atoms with Crippen LogP contribution in [-0.4, -0.2) is 38.4 Å². The second-order valence-electron chi connectivity index (χ2n) is 6.76. The summed E-state index contributed by atoms with van der Waals surface area (Å²) in [5.41, 5.74) is -1.43. The van der Waals surface area contributed by atoms with Crippen LogP contribution in [0, 0.1) is 6.92 Å². The first-order valence-electron chi connectivity index (χ1n) is 9.05. The summed E-state index contributed by atoms with van der Waals surface area (Å²) in [6.45, 7) is 1.64. The predicted octanol–water partition coefficient (Wildman–Crippen LogP) is 5.25. The molecule has 178 valence electrons. The Hall–Kier alpha value is -2.68. The van der Waals surface area contributed by atoms with Crippen molar-refractivity contribution in [3.63, 3.8) is 0 Å². The van der Waals surface area contributed by atoms with Gasteiger partial charge in [-0.1, -0.05) is 23.2 Å². The number of H-pyrrole nitrogens is 1. The maximum atomic E-state index is 13.2. The first kappa shape index (κ1) is 24.4. The highest BCUT2D eigenvalue weighted by molar-refractivity contribution is 9.10. The van der Waals surface area contributed by atoms with E-state index in [0.717, 1.165) is 12.1 Å². The van der Waals surface area contributed by atoms with Crippen LogP contribution >= 0.6 is 39.1 Å². The lowest BCUT2D eigenvalue weighted by atomic mass is 10.2. The molecule has 4 rings (SSSR count). The number of aryl methyl sites for hydroxylation is 1. The van der Waals surface area contributed by atoms with Gasteiger partial charge in [0, 0.05) is 12.4 Å².